The smallest absolute Gasteiger partial charge is 0.124 e. The molecule has 0 spiro atoms. The molecule has 3 heteroatoms. The molecule has 1 heterocycles. The average molecular weight is 231 g/mol. The summed E-state index contributed by atoms with van der Waals surface area (Å²) >= 11 is 0. The van der Waals surface area contributed by atoms with Crippen LogP contribution in [-0.2, 0) is 10.2 Å². The molecule has 0 saturated carbocycles. The SMILES string of the molecule is COc1c(C)cc(C2(CC#N)COC2)cc1C. The highest BCUT2D eigenvalue weighted by molar-refractivity contribution is 5.46. The fourth-order valence-corrected chi connectivity index (χ4v) is 2.45. The molecule has 2 rings (SSSR count). The molecular weight excluding hydrogens is 214 g/mol. The van der Waals surface area contributed by atoms with Crippen molar-refractivity contribution in [3.05, 3.63) is 28.8 Å². The third kappa shape index (κ3) is 1.89. The maximum atomic E-state index is 8.94. The lowest BCUT2D eigenvalue weighted by molar-refractivity contribution is -0.0577. The Balaban J connectivity index is 2.43. The van der Waals surface area contributed by atoms with Crippen LogP contribution in [0.25, 0.3) is 0 Å². The van der Waals surface area contributed by atoms with E-state index in [4.69, 9.17) is 14.7 Å². The monoisotopic (exact) mass is 231 g/mol. The van der Waals surface area contributed by atoms with Crippen LogP contribution >= 0.6 is 0 Å². The van der Waals surface area contributed by atoms with Gasteiger partial charge in [-0.05, 0) is 30.5 Å². The van der Waals surface area contributed by atoms with Gasteiger partial charge in [-0.3, -0.25) is 0 Å². The fourth-order valence-electron chi connectivity index (χ4n) is 2.45. The van der Waals surface area contributed by atoms with E-state index in [1.54, 1.807) is 7.11 Å². The van der Waals surface area contributed by atoms with Crippen LogP contribution in [0.2, 0.25) is 0 Å². The molecule has 0 N–H and O–H groups in total. The van der Waals surface area contributed by atoms with Gasteiger partial charge in [0.05, 0.1) is 31.8 Å². The number of benzene rings is 1. The summed E-state index contributed by atoms with van der Waals surface area (Å²) in [5.74, 6) is 0.932. The first kappa shape index (κ1) is 11.9. The van der Waals surface area contributed by atoms with Crippen molar-refractivity contribution >= 4 is 0 Å². The van der Waals surface area contributed by atoms with Gasteiger partial charge in [0.15, 0.2) is 0 Å². The Kier molecular flexibility index (Phi) is 3.08. The Labute approximate surface area is 102 Å². The second-order valence-electron chi connectivity index (χ2n) is 4.75. The van der Waals surface area contributed by atoms with E-state index >= 15 is 0 Å². The van der Waals surface area contributed by atoms with Gasteiger partial charge >= 0.3 is 0 Å². The molecule has 1 aromatic carbocycles. The van der Waals surface area contributed by atoms with Crippen LogP contribution in [-0.4, -0.2) is 20.3 Å². The van der Waals surface area contributed by atoms with Crippen molar-refractivity contribution in [3.63, 3.8) is 0 Å². The molecule has 1 saturated heterocycles. The lowest BCUT2D eigenvalue weighted by Crippen LogP contribution is -2.46. The zero-order valence-corrected chi connectivity index (χ0v) is 10.5. The van der Waals surface area contributed by atoms with Crippen LogP contribution < -0.4 is 4.74 Å². The normalized spacial score (nSPS) is 17.1. The van der Waals surface area contributed by atoms with Gasteiger partial charge in [-0.15, -0.1) is 0 Å². The Bertz CT molecular complexity index is 447. The Morgan fingerprint density at radius 2 is 1.94 bits per heavy atom. The molecule has 0 aliphatic carbocycles. The molecule has 0 radical (unpaired) electrons. The average Bonchev–Trinajstić information content (AvgIpc) is 2.23. The maximum absolute atomic E-state index is 8.94. The van der Waals surface area contributed by atoms with E-state index in [1.165, 1.54) is 5.56 Å². The topological polar surface area (TPSA) is 42.2 Å². The summed E-state index contributed by atoms with van der Waals surface area (Å²) in [5, 5.41) is 8.94. The van der Waals surface area contributed by atoms with E-state index in [-0.39, 0.29) is 5.41 Å². The van der Waals surface area contributed by atoms with E-state index in [2.05, 4.69) is 18.2 Å². The van der Waals surface area contributed by atoms with E-state index in [0.717, 1.165) is 16.9 Å². The van der Waals surface area contributed by atoms with Gasteiger partial charge in [-0.25, -0.2) is 0 Å². The minimum absolute atomic E-state index is 0.101. The largest absolute Gasteiger partial charge is 0.496 e. The standard InChI is InChI=1S/C14H17NO2/c1-10-6-12(7-11(2)13(10)16-3)14(4-5-15)8-17-9-14/h6-7H,4,8-9H2,1-3H3. The second-order valence-corrected chi connectivity index (χ2v) is 4.75. The predicted octanol–water partition coefficient (Wildman–Crippen LogP) is 2.49. The van der Waals surface area contributed by atoms with Crippen molar-refractivity contribution in [2.75, 3.05) is 20.3 Å². The van der Waals surface area contributed by atoms with E-state index < -0.39 is 0 Å². The minimum atomic E-state index is -0.101. The summed E-state index contributed by atoms with van der Waals surface area (Å²) in [4.78, 5) is 0. The van der Waals surface area contributed by atoms with E-state index in [1.807, 2.05) is 13.8 Å². The van der Waals surface area contributed by atoms with Crippen molar-refractivity contribution in [2.45, 2.75) is 25.7 Å². The third-order valence-electron chi connectivity index (χ3n) is 3.45. The Morgan fingerprint density at radius 1 is 1.35 bits per heavy atom. The first-order valence-electron chi connectivity index (χ1n) is 5.73. The summed E-state index contributed by atoms with van der Waals surface area (Å²) in [6.07, 6.45) is 0.512. The highest BCUT2D eigenvalue weighted by Gasteiger charge is 2.40. The number of aryl methyl sites for hydroxylation is 2. The first-order chi connectivity index (χ1) is 8.13. The van der Waals surface area contributed by atoms with Crippen molar-refractivity contribution in [1.82, 2.24) is 0 Å². The number of hydrogen-bond donors (Lipinski definition) is 0. The van der Waals surface area contributed by atoms with Crippen molar-refractivity contribution in [2.24, 2.45) is 0 Å². The van der Waals surface area contributed by atoms with E-state index in [0.29, 0.717) is 19.6 Å². The lowest BCUT2D eigenvalue weighted by atomic mass is 9.75. The van der Waals surface area contributed by atoms with Crippen molar-refractivity contribution in [1.29, 1.82) is 5.26 Å². The molecule has 1 aromatic rings. The van der Waals surface area contributed by atoms with Crippen molar-refractivity contribution < 1.29 is 9.47 Å². The zero-order valence-electron chi connectivity index (χ0n) is 10.5. The van der Waals surface area contributed by atoms with Crippen LogP contribution in [0.3, 0.4) is 0 Å². The molecule has 0 aromatic heterocycles. The van der Waals surface area contributed by atoms with Crippen LogP contribution in [0.1, 0.15) is 23.1 Å². The van der Waals surface area contributed by atoms with Gasteiger partial charge in [0.2, 0.25) is 0 Å². The number of methoxy groups -OCH3 is 1. The molecule has 3 nitrogen and oxygen atoms in total. The number of hydrogen-bond acceptors (Lipinski definition) is 3. The predicted molar refractivity (Wildman–Crippen MR) is 65.2 cm³/mol. The summed E-state index contributed by atoms with van der Waals surface area (Å²) < 4.78 is 10.7. The number of ether oxygens (including phenoxy) is 2. The number of rotatable bonds is 3. The molecule has 90 valence electrons. The second kappa shape index (κ2) is 4.38. The molecule has 1 aliphatic heterocycles. The molecule has 0 amide bonds. The van der Waals surface area contributed by atoms with Gasteiger partial charge in [0.25, 0.3) is 0 Å². The van der Waals surface area contributed by atoms with Crippen LogP contribution in [0, 0.1) is 25.2 Å². The summed E-state index contributed by atoms with van der Waals surface area (Å²) in [5.41, 5.74) is 3.33. The highest BCUT2D eigenvalue weighted by atomic mass is 16.5. The van der Waals surface area contributed by atoms with Crippen LogP contribution in [0.5, 0.6) is 5.75 Å². The van der Waals surface area contributed by atoms with Crippen LogP contribution in [0.4, 0.5) is 0 Å². The molecular formula is C14H17NO2. The third-order valence-corrected chi connectivity index (χ3v) is 3.45. The van der Waals surface area contributed by atoms with Gasteiger partial charge in [0.1, 0.15) is 5.75 Å². The molecule has 0 unspecified atom stereocenters. The molecule has 1 aliphatic rings. The van der Waals surface area contributed by atoms with Gasteiger partial charge in [0, 0.05) is 6.42 Å². The Hall–Kier alpha value is -1.53. The van der Waals surface area contributed by atoms with Gasteiger partial charge in [-0.2, -0.15) is 5.26 Å². The lowest BCUT2D eigenvalue weighted by Gasteiger charge is -2.40. The van der Waals surface area contributed by atoms with Crippen LogP contribution in [0.15, 0.2) is 12.1 Å². The molecule has 1 fully saturated rings. The van der Waals surface area contributed by atoms with E-state index in [9.17, 15) is 0 Å². The quantitative estimate of drug-likeness (QED) is 0.802. The maximum Gasteiger partial charge on any atom is 0.124 e. The minimum Gasteiger partial charge on any atom is -0.496 e. The molecule has 0 bridgehead atoms. The highest BCUT2D eigenvalue weighted by Crippen LogP contribution is 2.38. The first-order valence-corrected chi connectivity index (χ1v) is 5.73. The molecule has 0 atom stereocenters. The Morgan fingerprint density at radius 3 is 2.29 bits per heavy atom. The van der Waals surface area contributed by atoms with Crippen molar-refractivity contribution in [3.8, 4) is 11.8 Å². The van der Waals surface area contributed by atoms with Gasteiger partial charge < -0.3 is 9.47 Å². The summed E-state index contributed by atoms with van der Waals surface area (Å²) in [6.45, 7) is 5.36. The molecule has 17 heavy (non-hydrogen) atoms. The van der Waals surface area contributed by atoms with Gasteiger partial charge in [-0.1, -0.05) is 12.1 Å². The summed E-state index contributed by atoms with van der Waals surface area (Å²) in [7, 11) is 1.69. The fraction of sp³-hybridized carbons (Fsp3) is 0.500. The zero-order chi connectivity index (χ0) is 12.5. The summed E-state index contributed by atoms with van der Waals surface area (Å²) in [6, 6.07) is 6.50. The number of nitriles is 1. The number of nitrogens with zero attached hydrogens (tertiary/aromatic N) is 1.